The van der Waals surface area contributed by atoms with Crippen LogP contribution in [0.2, 0.25) is 0 Å². The Hall–Kier alpha value is -0.250. The lowest BCUT2D eigenvalue weighted by molar-refractivity contribution is -0.00388. The van der Waals surface area contributed by atoms with E-state index in [0.29, 0.717) is 45.9 Å². The zero-order valence-electron chi connectivity index (χ0n) is 11.6. The SMILES string of the molecule is COCCOCC(O)CN1CCN(S(C)(=O)=O)CC1. The maximum absolute atomic E-state index is 11.3. The Bertz CT molecular complexity index is 341. The van der Waals surface area contributed by atoms with E-state index in [9.17, 15) is 13.5 Å². The summed E-state index contributed by atoms with van der Waals surface area (Å²) < 4.78 is 34.2. The molecule has 8 heteroatoms. The molecular weight excluding hydrogens is 272 g/mol. The van der Waals surface area contributed by atoms with E-state index in [1.807, 2.05) is 4.90 Å². The summed E-state index contributed by atoms with van der Waals surface area (Å²) in [4.78, 5) is 2.05. The van der Waals surface area contributed by atoms with Crippen molar-refractivity contribution in [3.63, 3.8) is 0 Å². The molecule has 1 rings (SSSR count). The van der Waals surface area contributed by atoms with Gasteiger partial charge in [0.1, 0.15) is 0 Å². The lowest BCUT2D eigenvalue weighted by Gasteiger charge is -2.34. The molecule has 0 aliphatic carbocycles. The molecule has 19 heavy (non-hydrogen) atoms. The second-order valence-electron chi connectivity index (χ2n) is 4.68. The first-order valence-electron chi connectivity index (χ1n) is 6.35. The Morgan fingerprint density at radius 1 is 1.21 bits per heavy atom. The number of hydrogen-bond acceptors (Lipinski definition) is 6. The first-order valence-corrected chi connectivity index (χ1v) is 8.20. The van der Waals surface area contributed by atoms with Gasteiger partial charge in [0.25, 0.3) is 0 Å². The highest BCUT2D eigenvalue weighted by Crippen LogP contribution is 2.06. The minimum Gasteiger partial charge on any atom is -0.389 e. The van der Waals surface area contributed by atoms with Gasteiger partial charge in [-0.3, -0.25) is 4.90 Å². The van der Waals surface area contributed by atoms with Gasteiger partial charge in [-0.15, -0.1) is 0 Å². The van der Waals surface area contributed by atoms with Crippen LogP contribution in [0.15, 0.2) is 0 Å². The van der Waals surface area contributed by atoms with Crippen LogP contribution >= 0.6 is 0 Å². The molecule has 1 fully saturated rings. The smallest absolute Gasteiger partial charge is 0.211 e. The number of rotatable bonds is 8. The summed E-state index contributed by atoms with van der Waals surface area (Å²) in [5.41, 5.74) is 0. The maximum Gasteiger partial charge on any atom is 0.211 e. The van der Waals surface area contributed by atoms with E-state index < -0.39 is 16.1 Å². The van der Waals surface area contributed by atoms with Gasteiger partial charge >= 0.3 is 0 Å². The minimum atomic E-state index is -3.09. The van der Waals surface area contributed by atoms with Crippen LogP contribution in [0.1, 0.15) is 0 Å². The van der Waals surface area contributed by atoms with Crippen molar-refractivity contribution < 1.29 is 23.0 Å². The monoisotopic (exact) mass is 296 g/mol. The van der Waals surface area contributed by atoms with Crippen molar-refractivity contribution in [2.24, 2.45) is 0 Å². The zero-order valence-corrected chi connectivity index (χ0v) is 12.4. The van der Waals surface area contributed by atoms with Crippen LogP contribution in [0.25, 0.3) is 0 Å². The number of piperazine rings is 1. The van der Waals surface area contributed by atoms with Gasteiger partial charge in [-0.25, -0.2) is 8.42 Å². The lowest BCUT2D eigenvalue weighted by atomic mass is 10.3. The summed E-state index contributed by atoms with van der Waals surface area (Å²) in [6.45, 7) is 4.01. The minimum absolute atomic E-state index is 0.273. The van der Waals surface area contributed by atoms with E-state index in [1.165, 1.54) is 10.6 Å². The van der Waals surface area contributed by atoms with Crippen molar-refractivity contribution in [2.75, 3.05) is 65.9 Å². The highest BCUT2D eigenvalue weighted by molar-refractivity contribution is 7.88. The highest BCUT2D eigenvalue weighted by Gasteiger charge is 2.24. The highest BCUT2D eigenvalue weighted by atomic mass is 32.2. The van der Waals surface area contributed by atoms with E-state index in [4.69, 9.17) is 9.47 Å². The van der Waals surface area contributed by atoms with Crippen molar-refractivity contribution in [3.8, 4) is 0 Å². The third kappa shape index (κ3) is 6.64. The molecule has 0 radical (unpaired) electrons. The average molecular weight is 296 g/mol. The summed E-state index contributed by atoms with van der Waals surface area (Å²) in [5.74, 6) is 0. The molecule has 0 aromatic carbocycles. The molecule has 0 amide bonds. The number of hydrogen-bond donors (Lipinski definition) is 1. The lowest BCUT2D eigenvalue weighted by Crippen LogP contribution is -2.50. The van der Waals surface area contributed by atoms with Crippen LogP contribution in [0, 0.1) is 0 Å². The number of aliphatic hydroxyl groups is 1. The van der Waals surface area contributed by atoms with Crippen molar-refractivity contribution in [3.05, 3.63) is 0 Å². The average Bonchev–Trinajstić information content (AvgIpc) is 2.34. The molecule has 114 valence electrons. The third-order valence-electron chi connectivity index (χ3n) is 3.01. The molecule has 1 aliphatic rings. The van der Waals surface area contributed by atoms with Crippen LogP contribution in [0.5, 0.6) is 0 Å². The molecule has 7 nitrogen and oxygen atoms in total. The molecule has 1 heterocycles. The first kappa shape index (κ1) is 16.8. The fourth-order valence-electron chi connectivity index (χ4n) is 1.96. The summed E-state index contributed by atoms with van der Waals surface area (Å²) in [6.07, 6.45) is 0.669. The van der Waals surface area contributed by atoms with Gasteiger partial charge in [0.05, 0.1) is 32.2 Å². The van der Waals surface area contributed by atoms with Crippen LogP contribution in [0.4, 0.5) is 0 Å². The molecular formula is C11H24N2O5S. The molecule has 1 aliphatic heterocycles. The van der Waals surface area contributed by atoms with Gasteiger partial charge in [-0.05, 0) is 0 Å². The zero-order chi connectivity index (χ0) is 14.3. The molecule has 0 aromatic heterocycles. The van der Waals surface area contributed by atoms with Crippen molar-refractivity contribution in [1.29, 1.82) is 0 Å². The molecule has 1 N–H and O–H groups in total. The number of methoxy groups -OCH3 is 1. The fraction of sp³-hybridized carbons (Fsp3) is 1.00. The number of nitrogens with zero attached hydrogens (tertiary/aromatic N) is 2. The third-order valence-corrected chi connectivity index (χ3v) is 4.31. The van der Waals surface area contributed by atoms with Crippen molar-refractivity contribution in [2.45, 2.75) is 6.10 Å². The van der Waals surface area contributed by atoms with Gasteiger partial charge in [0.15, 0.2) is 0 Å². The number of β-amino-alcohol motifs (C(OH)–C–C–N with tert-alkyl or cyclic N) is 1. The largest absolute Gasteiger partial charge is 0.389 e. The van der Waals surface area contributed by atoms with Crippen LogP contribution in [-0.4, -0.2) is 94.7 Å². The van der Waals surface area contributed by atoms with Gasteiger partial charge in [-0.2, -0.15) is 4.31 Å². The Balaban J connectivity index is 2.18. The quantitative estimate of drug-likeness (QED) is 0.554. The summed E-state index contributed by atoms with van der Waals surface area (Å²) >= 11 is 0. The van der Waals surface area contributed by atoms with Crippen LogP contribution in [-0.2, 0) is 19.5 Å². The molecule has 0 bridgehead atoms. The predicted octanol–water partition coefficient (Wildman–Crippen LogP) is -1.41. The normalized spacial score (nSPS) is 20.6. The van der Waals surface area contributed by atoms with E-state index in [1.54, 1.807) is 7.11 Å². The summed E-state index contributed by atoms with van der Waals surface area (Å²) in [7, 11) is -1.49. The molecule has 0 spiro atoms. The van der Waals surface area contributed by atoms with Crippen LogP contribution < -0.4 is 0 Å². The second-order valence-corrected chi connectivity index (χ2v) is 6.67. The van der Waals surface area contributed by atoms with E-state index in [2.05, 4.69) is 0 Å². The molecule has 1 unspecified atom stereocenters. The second kappa shape index (κ2) is 8.13. The Labute approximate surface area is 115 Å². The first-order chi connectivity index (χ1) is 8.93. The van der Waals surface area contributed by atoms with Gasteiger partial charge in [-0.1, -0.05) is 0 Å². The van der Waals surface area contributed by atoms with Gasteiger partial charge < -0.3 is 14.6 Å². The molecule has 0 aromatic rings. The van der Waals surface area contributed by atoms with Crippen LogP contribution in [0.3, 0.4) is 0 Å². The standard InChI is InChI=1S/C11H24N2O5S/c1-17-7-8-18-10-11(14)9-12-3-5-13(6-4-12)19(2,15)16/h11,14H,3-10H2,1-2H3. The van der Waals surface area contributed by atoms with Crippen molar-refractivity contribution >= 4 is 10.0 Å². The Morgan fingerprint density at radius 2 is 1.84 bits per heavy atom. The number of ether oxygens (including phenoxy) is 2. The number of aliphatic hydroxyl groups excluding tert-OH is 1. The maximum atomic E-state index is 11.3. The van der Waals surface area contributed by atoms with Crippen molar-refractivity contribution in [1.82, 2.24) is 9.21 Å². The molecule has 1 saturated heterocycles. The molecule has 0 saturated carbocycles. The van der Waals surface area contributed by atoms with E-state index >= 15 is 0 Å². The van der Waals surface area contributed by atoms with Gasteiger partial charge in [0.2, 0.25) is 10.0 Å². The summed E-state index contributed by atoms with van der Waals surface area (Å²) in [5, 5.41) is 9.79. The summed E-state index contributed by atoms with van der Waals surface area (Å²) in [6, 6.07) is 0. The van der Waals surface area contributed by atoms with E-state index in [0.717, 1.165) is 0 Å². The number of sulfonamides is 1. The Morgan fingerprint density at radius 3 is 2.37 bits per heavy atom. The topological polar surface area (TPSA) is 79.3 Å². The fourth-order valence-corrected chi connectivity index (χ4v) is 2.78. The molecule has 1 atom stereocenters. The Kier molecular flexibility index (Phi) is 7.19. The predicted molar refractivity (Wildman–Crippen MR) is 71.6 cm³/mol. The van der Waals surface area contributed by atoms with E-state index in [-0.39, 0.29) is 6.61 Å². The van der Waals surface area contributed by atoms with Gasteiger partial charge in [0, 0.05) is 39.8 Å².